The fourth-order valence-corrected chi connectivity index (χ4v) is 2.96. The van der Waals surface area contributed by atoms with Crippen molar-refractivity contribution >= 4 is 23.2 Å². The number of anilines is 2. The highest BCUT2D eigenvalue weighted by molar-refractivity contribution is 6.02. The van der Waals surface area contributed by atoms with E-state index < -0.39 is 0 Å². The summed E-state index contributed by atoms with van der Waals surface area (Å²) in [6.45, 7) is 4.31. The van der Waals surface area contributed by atoms with Crippen molar-refractivity contribution in [1.82, 2.24) is 5.32 Å². The van der Waals surface area contributed by atoms with Gasteiger partial charge in [-0.25, -0.2) is 0 Å². The van der Waals surface area contributed by atoms with Gasteiger partial charge in [-0.1, -0.05) is 0 Å². The quantitative estimate of drug-likeness (QED) is 0.808. The van der Waals surface area contributed by atoms with Crippen LogP contribution in [0.4, 0.5) is 11.4 Å². The van der Waals surface area contributed by atoms with E-state index in [9.17, 15) is 9.59 Å². The molecule has 0 atom stereocenters. The fourth-order valence-electron chi connectivity index (χ4n) is 2.96. The number of nitrogens with zero attached hydrogens (tertiary/aromatic N) is 2. The van der Waals surface area contributed by atoms with Gasteiger partial charge in [0.2, 0.25) is 11.8 Å². The molecule has 112 valence electrons. The monoisotopic (exact) mass is 288 g/mol. The zero-order chi connectivity index (χ0) is 14.8. The van der Waals surface area contributed by atoms with E-state index in [0.717, 1.165) is 37.4 Å². The van der Waals surface area contributed by atoms with Gasteiger partial charge in [-0.2, -0.15) is 0 Å². The maximum Gasteiger partial charge on any atom is 0.231 e. The first-order valence-corrected chi connectivity index (χ1v) is 7.32. The Labute approximate surface area is 123 Å². The number of primary amides is 1. The van der Waals surface area contributed by atoms with Crippen LogP contribution in [0, 0.1) is 0 Å². The Hall–Kier alpha value is -2.08. The first kappa shape index (κ1) is 13.9. The summed E-state index contributed by atoms with van der Waals surface area (Å²) in [4.78, 5) is 27.0. The van der Waals surface area contributed by atoms with Crippen LogP contribution in [0.15, 0.2) is 18.2 Å². The molecule has 3 N–H and O–H groups in total. The molecule has 1 aromatic carbocycles. The van der Waals surface area contributed by atoms with E-state index in [1.165, 1.54) is 5.69 Å². The van der Waals surface area contributed by atoms with Crippen molar-refractivity contribution in [2.24, 2.45) is 5.73 Å². The zero-order valence-corrected chi connectivity index (χ0v) is 12.0. The van der Waals surface area contributed by atoms with Crippen LogP contribution in [-0.2, 0) is 16.0 Å². The lowest BCUT2D eigenvalue weighted by molar-refractivity contribution is -0.118. The largest absolute Gasteiger partial charge is 0.370 e. The summed E-state index contributed by atoms with van der Waals surface area (Å²) in [5.41, 5.74) is 8.29. The summed E-state index contributed by atoms with van der Waals surface area (Å²) in [5.74, 6) is -0.336. The summed E-state index contributed by atoms with van der Waals surface area (Å²) in [7, 11) is 0. The van der Waals surface area contributed by atoms with E-state index in [1.54, 1.807) is 4.90 Å². The molecule has 6 nitrogen and oxygen atoms in total. The summed E-state index contributed by atoms with van der Waals surface area (Å²) in [6, 6.07) is 6.14. The third-order valence-corrected chi connectivity index (χ3v) is 4.06. The molecular weight excluding hydrogens is 268 g/mol. The summed E-state index contributed by atoms with van der Waals surface area (Å²) in [5, 5.41) is 3.33. The number of rotatable bonds is 4. The number of carbonyl (C=O) groups excluding carboxylic acids is 2. The number of hydrogen-bond acceptors (Lipinski definition) is 4. The van der Waals surface area contributed by atoms with Crippen LogP contribution in [0.2, 0.25) is 0 Å². The molecule has 0 aromatic heterocycles. The Morgan fingerprint density at radius 2 is 2.05 bits per heavy atom. The lowest BCUT2D eigenvalue weighted by atomic mass is 10.1. The minimum atomic E-state index is -0.381. The second-order valence-electron chi connectivity index (χ2n) is 5.49. The molecule has 2 heterocycles. The Morgan fingerprint density at radius 3 is 2.76 bits per heavy atom. The molecule has 2 amide bonds. The highest BCUT2D eigenvalue weighted by Crippen LogP contribution is 2.32. The van der Waals surface area contributed by atoms with Crippen molar-refractivity contribution in [1.29, 1.82) is 0 Å². The maximum atomic E-state index is 12.1. The average Bonchev–Trinajstić information content (AvgIpc) is 2.80. The summed E-state index contributed by atoms with van der Waals surface area (Å²) >= 11 is 0. The Kier molecular flexibility index (Phi) is 3.79. The minimum Gasteiger partial charge on any atom is -0.370 e. The van der Waals surface area contributed by atoms with E-state index in [0.29, 0.717) is 13.0 Å². The molecule has 0 saturated carbocycles. The Morgan fingerprint density at radius 1 is 1.29 bits per heavy atom. The van der Waals surface area contributed by atoms with E-state index in [2.05, 4.69) is 22.3 Å². The number of piperazine rings is 1. The van der Waals surface area contributed by atoms with Crippen LogP contribution >= 0.6 is 0 Å². The average molecular weight is 288 g/mol. The second kappa shape index (κ2) is 5.73. The molecule has 0 radical (unpaired) electrons. The van der Waals surface area contributed by atoms with Crippen LogP contribution in [-0.4, -0.2) is 44.5 Å². The van der Waals surface area contributed by atoms with Crippen molar-refractivity contribution in [2.75, 3.05) is 42.5 Å². The minimum absolute atomic E-state index is 0.0451. The summed E-state index contributed by atoms with van der Waals surface area (Å²) in [6.07, 6.45) is 0.610. The van der Waals surface area contributed by atoms with E-state index in [4.69, 9.17) is 5.73 Å². The third-order valence-electron chi connectivity index (χ3n) is 4.06. The van der Waals surface area contributed by atoms with Gasteiger partial charge in [0.1, 0.15) is 0 Å². The molecule has 1 saturated heterocycles. The van der Waals surface area contributed by atoms with Crippen LogP contribution in [0.1, 0.15) is 12.0 Å². The first-order chi connectivity index (χ1) is 10.1. The van der Waals surface area contributed by atoms with Gasteiger partial charge < -0.3 is 20.9 Å². The van der Waals surface area contributed by atoms with Gasteiger partial charge in [-0.3, -0.25) is 9.59 Å². The number of nitrogens with one attached hydrogen (secondary N) is 1. The predicted molar refractivity (Wildman–Crippen MR) is 81.4 cm³/mol. The van der Waals surface area contributed by atoms with Crippen LogP contribution in [0.25, 0.3) is 0 Å². The third kappa shape index (κ3) is 2.85. The molecule has 3 rings (SSSR count). The molecule has 2 aliphatic heterocycles. The first-order valence-electron chi connectivity index (χ1n) is 7.32. The van der Waals surface area contributed by atoms with Gasteiger partial charge in [0.25, 0.3) is 0 Å². The van der Waals surface area contributed by atoms with Crippen molar-refractivity contribution in [3.05, 3.63) is 23.8 Å². The standard InChI is InChI=1S/C15H20N4O2/c16-14(20)3-6-19-13-2-1-12(9-11(13)10-15(19)21)18-7-4-17-5-8-18/h1-2,9,17H,3-8,10H2,(H2,16,20). The fraction of sp³-hybridized carbons (Fsp3) is 0.467. The van der Waals surface area contributed by atoms with Crippen molar-refractivity contribution in [2.45, 2.75) is 12.8 Å². The molecule has 6 heteroatoms. The van der Waals surface area contributed by atoms with E-state index in [1.807, 2.05) is 6.07 Å². The smallest absolute Gasteiger partial charge is 0.231 e. The molecule has 0 aliphatic carbocycles. The maximum absolute atomic E-state index is 12.1. The van der Waals surface area contributed by atoms with Crippen LogP contribution < -0.4 is 20.9 Å². The predicted octanol–water partition coefficient (Wildman–Crippen LogP) is -0.139. The number of fused-ring (bicyclic) bond motifs is 1. The number of carbonyl (C=O) groups is 2. The normalized spacial score (nSPS) is 18.0. The molecule has 1 fully saturated rings. The second-order valence-corrected chi connectivity index (χ2v) is 5.49. The molecule has 0 spiro atoms. The number of benzene rings is 1. The highest BCUT2D eigenvalue weighted by atomic mass is 16.2. The van der Waals surface area contributed by atoms with Gasteiger partial charge >= 0.3 is 0 Å². The summed E-state index contributed by atoms with van der Waals surface area (Å²) < 4.78 is 0. The van der Waals surface area contributed by atoms with Gasteiger partial charge in [-0.05, 0) is 23.8 Å². The molecule has 2 aliphatic rings. The lowest BCUT2D eigenvalue weighted by Crippen LogP contribution is -2.43. The van der Waals surface area contributed by atoms with Crippen molar-refractivity contribution in [3.8, 4) is 0 Å². The van der Waals surface area contributed by atoms with Gasteiger partial charge in [0.05, 0.1) is 6.42 Å². The van der Waals surface area contributed by atoms with Crippen molar-refractivity contribution in [3.63, 3.8) is 0 Å². The Bertz CT molecular complexity index is 567. The molecule has 1 aromatic rings. The van der Waals surface area contributed by atoms with Gasteiger partial charge in [-0.15, -0.1) is 0 Å². The lowest BCUT2D eigenvalue weighted by Gasteiger charge is -2.30. The van der Waals surface area contributed by atoms with Crippen molar-refractivity contribution < 1.29 is 9.59 Å². The highest BCUT2D eigenvalue weighted by Gasteiger charge is 2.28. The zero-order valence-electron chi connectivity index (χ0n) is 12.0. The number of nitrogens with two attached hydrogens (primary N) is 1. The van der Waals surface area contributed by atoms with Gasteiger partial charge in [0.15, 0.2) is 0 Å². The van der Waals surface area contributed by atoms with Crippen LogP contribution in [0.5, 0.6) is 0 Å². The molecule has 21 heavy (non-hydrogen) atoms. The SMILES string of the molecule is NC(=O)CCN1C(=O)Cc2cc(N3CCNCC3)ccc21. The van der Waals surface area contributed by atoms with E-state index >= 15 is 0 Å². The molecule has 0 bridgehead atoms. The number of hydrogen-bond donors (Lipinski definition) is 2. The Balaban J connectivity index is 1.79. The van der Waals surface area contributed by atoms with Gasteiger partial charge in [0, 0.05) is 50.5 Å². The number of amides is 2. The van der Waals surface area contributed by atoms with E-state index in [-0.39, 0.29) is 18.2 Å². The van der Waals surface area contributed by atoms with Crippen LogP contribution in [0.3, 0.4) is 0 Å². The molecule has 0 unspecified atom stereocenters. The topological polar surface area (TPSA) is 78.7 Å². The molecular formula is C15H20N4O2.